The van der Waals surface area contributed by atoms with Gasteiger partial charge in [0.1, 0.15) is 5.82 Å². The van der Waals surface area contributed by atoms with Crippen molar-refractivity contribution in [3.63, 3.8) is 0 Å². The normalized spacial score (nSPS) is 19.5. The number of rotatable bonds is 3. The number of fused-ring (bicyclic) bond motifs is 1. The topological polar surface area (TPSA) is 73.8 Å². The fourth-order valence-electron chi connectivity index (χ4n) is 3.68. The Bertz CT molecular complexity index is 991. The highest BCUT2D eigenvalue weighted by molar-refractivity contribution is 7.99. The van der Waals surface area contributed by atoms with Crippen molar-refractivity contribution in [2.75, 3.05) is 23.5 Å². The number of halogens is 1. The van der Waals surface area contributed by atoms with Crippen LogP contribution in [0.1, 0.15) is 24.0 Å². The largest absolute Gasteiger partial charge is 0.335 e. The molecule has 1 atom stereocenters. The van der Waals surface area contributed by atoms with E-state index in [4.69, 9.17) is 0 Å². The van der Waals surface area contributed by atoms with Crippen LogP contribution in [-0.4, -0.2) is 48.4 Å². The summed E-state index contributed by atoms with van der Waals surface area (Å²) in [6.45, 7) is 0. The van der Waals surface area contributed by atoms with Gasteiger partial charge in [-0.25, -0.2) is 14.2 Å². The molecule has 1 saturated heterocycles. The molecule has 1 unspecified atom stereocenters. The van der Waals surface area contributed by atoms with Crippen molar-refractivity contribution in [2.24, 2.45) is 4.99 Å². The Hall–Kier alpha value is -2.87. The molecule has 8 heteroatoms. The number of hydrogen-bond acceptors (Lipinski definition) is 4. The van der Waals surface area contributed by atoms with E-state index in [0.29, 0.717) is 17.0 Å². The summed E-state index contributed by atoms with van der Waals surface area (Å²) in [5, 5.41) is 5.61. The summed E-state index contributed by atoms with van der Waals surface area (Å²) >= 11 is 1.87. The summed E-state index contributed by atoms with van der Waals surface area (Å²) in [6.07, 6.45) is 0.632. The lowest BCUT2D eigenvalue weighted by Gasteiger charge is -2.24. The third-order valence-electron chi connectivity index (χ3n) is 5.30. The second kappa shape index (κ2) is 8.87. The van der Waals surface area contributed by atoms with Gasteiger partial charge >= 0.3 is 6.03 Å². The number of nitrogens with one attached hydrogen (secondary N) is 2. The molecule has 0 radical (unpaired) electrons. The van der Waals surface area contributed by atoms with Gasteiger partial charge in [-0.15, -0.1) is 0 Å². The monoisotopic (exact) mass is 426 g/mol. The molecule has 0 bridgehead atoms. The molecule has 6 nitrogen and oxygen atoms in total. The van der Waals surface area contributed by atoms with Gasteiger partial charge in [0.15, 0.2) is 0 Å². The molecule has 30 heavy (non-hydrogen) atoms. The number of aliphatic imine (C=N–C) groups is 1. The molecule has 2 aliphatic heterocycles. The van der Waals surface area contributed by atoms with Gasteiger partial charge in [0.05, 0.1) is 11.4 Å². The Balaban J connectivity index is 1.68. The number of benzene rings is 2. The summed E-state index contributed by atoms with van der Waals surface area (Å²) in [7, 11) is 1.63. The first kappa shape index (κ1) is 20.4. The van der Waals surface area contributed by atoms with Crippen LogP contribution < -0.4 is 15.5 Å². The lowest BCUT2D eigenvalue weighted by Crippen LogP contribution is -2.51. The minimum Gasteiger partial charge on any atom is -0.335 e. The summed E-state index contributed by atoms with van der Waals surface area (Å²) in [6, 6.07) is 13.1. The molecule has 4 rings (SSSR count). The Morgan fingerprint density at radius 2 is 1.73 bits per heavy atom. The van der Waals surface area contributed by atoms with Gasteiger partial charge in [0.2, 0.25) is 6.17 Å². The SMILES string of the molecule is CN1C(=O)C(NC(=O)NC2CCSCC2)N=C(c2ccccc2F)c2ccccc21. The molecule has 1 fully saturated rings. The van der Waals surface area contributed by atoms with E-state index in [9.17, 15) is 14.0 Å². The minimum absolute atomic E-state index is 0.0806. The van der Waals surface area contributed by atoms with E-state index in [1.807, 2.05) is 23.9 Å². The van der Waals surface area contributed by atoms with E-state index in [0.717, 1.165) is 24.3 Å². The van der Waals surface area contributed by atoms with Crippen LogP contribution in [0.3, 0.4) is 0 Å². The van der Waals surface area contributed by atoms with Crippen LogP contribution in [-0.2, 0) is 4.79 Å². The lowest BCUT2D eigenvalue weighted by atomic mass is 10.00. The maximum atomic E-state index is 14.6. The van der Waals surface area contributed by atoms with Crippen molar-refractivity contribution in [3.8, 4) is 0 Å². The van der Waals surface area contributed by atoms with Gasteiger partial charge < -0.3 is 15.5 Å². The number of para-hydroxylation sites is 1. The molecule has 0 aliphatic carbocycles. The van der Waals surface area contributed by atoms with Crippen LogP contribution >= 0.6 is 11.8 Å². The highest BCUT2D eigenvalue weighted by Crippen LogP contribution is 2.28. The highest BCUT2D eigenvalue weighted by atomic mass is 32.2. The van der Waals surface area contributed by atoms with Gasteiger partial charge in [-0.1, -0.05) is 30.3 Å². The maximum absolute atomic E-state index is 14.6. The van der Waals surface area contributed by atoms with E-state index in [1.165, 1.54) is 11.0 Å². The number of urea groups is 1. The summed E-state index contributed by atoms with van der Waals surface area (Å²) in [5.74, 6) is 1.18. The van der Waals surface area contributed by atoms with E-state index >= 15 is 0 Å². The molecule has 156 valence electrons. The second-order valence-electron chi connectivity index (χ2n) is 7.28. The average Bonchev–Trinajstić information content (AvgIpc) is 2.86. The molecule has 0 aromatic heterocycles. The van der Waals surface area contributed by atoms with E-state index < -0.39 is 18.0 Å². The number of thioether (sulfide) groups is 1. The first-order valence-electron chi connectivity index (χ1n) is 9.89. The van der Waals surface area contributed by atoms with Crippen LogP contribution in [0.5, 0.6) is 0 Å². The van der Waals surface area contributed by atoms with Crippen molar-refractivity contribution in [2.45, 2.75) is 25.0 Å². The number of carbonyl (C=O) groups excluding carboxylic acids is 2. The Morgan fingerprint density at radius 3 is 2.47 bits per heavy atom. The van der Waals surface area contributed by atoms with E-state index in [2.05, 4.69) is 15.6 Å². The van der Waals surface area contributed by atoms with Crippen LogP contribution in [0.4, 0.5) is 14.9 Å². The highest BCUT2D eigenvalue weighted by Gasteiger charge is 2.32. The molecule has 2 aliphatic rings. The second-order valence-corrected chi connectivity index (χ2v) is 8.50. The van der Waals surface area contributed by atoms with Crippen molar-refractivity contribution in [1.82, 2.24) is 10.6 Å². The number of likely N-dealkylation sites (N-methyl/N-ethyl adjacent to an activating group) is 1. The first-order valence-corrected chi connectivity index (χ1v) is 11.0. The molecule has 0 spiro atoms. The van der Waals surface area contributed by atoms with Crippen LogP contribution in [0.15, 0.2) is 53.5 Å². The van der Waals surface area contributed by atoms with E-state index in [1.54, 1.807) is 37.4 Å². The van der Waals surface area contributed by atoms with Crippen LogP contribution in [0.2, 0.25) is 0 Å². The Kier molecular flexibility index (Phi) is 6.03. The van der Waals surface area contributed by atoms with Gasteiger partial charge in [-0.2, -0.15) is 11.8 Å². The fourth-order valence-corrected chi connectivity index (χ4v) is 4.78. The number of nitrogens with zero attached hydrogens (tertiary/aromatic N) is 2. The van der Waals surface area contributed by atoms with Crippen molar-refractivity contribution in [3.05, 3.63) is 65.5 Å². The van der Waals surface area contributed by atoms with Gasteiger partial charge in [0.25, 0.3) is 5.91 Å². The van der Waals surface area contributed by atoms with Crippen molar-refractivity contribution < 1.29 is 14.0 Å². The number of anilines is 1. The standard InChI is InChI=1S/C22H23FN4O2S/c1-27-18-9-5-3-7-16(18)19(15-6-2-4-8-17(15)23)25-20(21(27)28)26-22(29)24-14-10-12-30-13-11-14/h2-9,14,20H,10-13H2,1H3,(H2,24,26,29). The zero-order chi connectivity index (χ0) is 21.1. The summed E-state index contributed by atoms with van der Waals surface area (Å²) in [5.41, 5.74) is 1.86. The average molecular weight is 427 g/mol. The van der Waals surface area contributed by atoms with Crippen LogP contribution in [0, 0.1) is 5.82 Å². The molecule has 0 saturated carbocycles. The van der Waals surface area contributed by atoms with Gasteiger partial charge in [-0.3, -0.25) is 4.79 Å². The van der Waals surface area contributed by atoms with Crippen molar-refractivity contribution >= 4 is 35.1 Å². The van der Waals surface area contributed by atoms with Gasteiger partial charge in [-0.05, 0) is 42.5 Å². The number of amides is 3. The summed E-state index contributed by atoms with van der Waals surface area (Å²) in [4.78, 5) is 31.6. The predicted octanol–water partition coefficient (Wildman–Crippen LogP) is 3.16. The molecule has 2 heterocycles. The fraction of sp³-hybridized carbons (Fsp3) is 0.318. The zero-order valence-corrected chi connectivity index (χ0v) is 17.4. The predicted molar refractivity (Wildman–Crippen MR) is 118 cm³/mol. The molecule has 2 aromatic carbocycles. The molecular weight excluding hydrogens is 403 g/mol. The van der Waals surface area contributed by atoms with Gasteiger partial charge in [0, 0.05) is 24.2 Å². The summed E-state index contributed by atoms with van der Waals surface area (Å²) < 4.78 is 14.6. The van der Waals surface area contributed by atoms with Crippen molar-refractivity contribution in [1.29, 1.82) is 0 Å². The third kappa shape index (κ3) is 4.18. The molecular formula is C22H23FN4O2S. The number of benzodiazepines with no additional fused rings is 1. The number of carbonyl (C=O) groups is 2. The molecule has 3 amide bonds. The van der Waals surface area contributed by atoms with Crippen LogP contribution in [0.25, 0.3) is 0 Å². The zero-order valence-electron chi connectivity index (χ0n) is 16.6. The quantitative estimate of drug-likeness (QED) is 0.792. The van der Waals surface area contributed by atoms with E-state index in [-0.39, 0.29) is 17.5 Å². The smallest absolute Gasteiger partial charge is 0.317 e. The molecule has 2 aromatic rings. The maximum Gasteiger partial charge on any atom is 0.317 e. The molecule has 2 N–H and O–H groups in total. The minimum atomic E-state index is -1.16. The first-order chi connectivity index (χ1) is 14.5. The lowest BCUT2D eigenvalue weighted by molar-refractivity contribution is -0.119. The third-order valence-corrected chi connectivity index (χ3v) is 6.35. The Labute approximate surface area is 178 Å². The Morgan fingerprint density at radius 1 is 1.07 bits per heavy atom. The number of hydrogen-bond donors (Lipinski definition) is 2.